The molecule has 0 heterocycles. The van der Waals surface area contributed by atoms with E-state index in [9.17, 15) is 9.36 Å². The molecule has 0 aromatic heterocycles. The van der Waals surface area contributed by atoms with Gasteiger partial charge in [0.05, 0.1) is 6.61 Å². The summed E-state index contributed by atoms with van der Waals surface area (Å²) in [7, 11) is 1.28. The Hall–Kier alpha value is -0.0700. The molecule has 0 aromatic rings. The minimum absolute atomic E-state index is 0.120. The summed E-state index contributed by atoms with van der Waals surface area (Å²) in [5.41, 5.74) is 4.44. The van der Waals surface area contributed by atoms with Crippen LogP contribution < -0.4 is 5.73 Å². The molecule has 0 aliphatic heterocycles. The number of hydrogen-bond donors (Lipinski definition) is 1. The lowest BCUT2D eigenvalue weighted by Crippen LogP contribution is -2.42. The molecule has 0 fully saturated rings. The normalized spacial score (nSPS) is 15.6. The number of esters is 1. The van der Waals surface area contributed by atoms with Crippen molar-refractivity contribution < 1.29 is 23.1 Å². The first-order valence-corrected chi connectivity index (χ1v) is 7.79. The van der Waals surface area contributed by atoms with Gasteiger partial charge in [0.1, 0.15) is 11.5 Å². The largest absolute Gasteiger partial charge is 0.453 e. The second kappa shape index (κ2) is 6.61. The van der Waals surface area contributed by atoms with Crippen LogP contribution in [0.3, 0.4) is 0 Å². The maximum absolute atomic E-state index is 11.7. The highest BCUT2D eigenvalue weighted by Gasteiger charge is 2.27. The molecule has 0 spiro atoms. The van der Waals surface area contributed by atoms with E-state index < -0.39 is 18.3 Å². The van der Waals surface area contributed by atoms with Gasteiger partial charge in [0.25, 0.3) is 0 Å². The van der Waals surface area contributed by atoms with E-state index >= 15 is 0 Å². The van der Waals surface area contributed by atoms with Crippen LogP contribution in [-0.2, 0) is 23.1 Å². The lowest BCUT2D eigenvalue weighted by atomic mass is 10.1. The van der Waals surface area contributed by atoms with Crippen LogP contribution in [0.4, 0.5) is 0 Å². The molecular formula is C8H18NO5PS. The third-order valence-electron chi connectivity index (χ3n) is 1.44. The van der Waals surface area contributed by atoms with Gasteiger partial charge < -0.3 is 19.5 Å². The summed E-state index contributed by atoms with van der Waals surface area (Å²) in [6.45, 7) is 1.80. The van der Waals surface area contributed by atoms with Crippen molar-refractivity contribution in [3.8, 4) is 0 Å². The lowest BCUT2D eigenvalue weighted by Gasteiger charge is -2.18. The summed E-state index contributed by atoms with van der Waals surface area (Å²) < 4.78 is 26.2. The third-order valence-corrected chi connectivity index (χ3v) is 5.03. The Balaban J connectivity index is 4.07. The summed E-state index contributed by atoms with van der Waals surface area (Å²) in [5, 5.41) is 0. The number of carbonyl (C=O) groups excluding carboxylic acids is 1. The molecule has 0 rings (SSSR count). The summed E-state index contributed by atoms with van der Waals surface area (Å²) in [5.74, 6) is -0.691. The average Bonchev–Trinajstić information content (AvgIpc) is 2.16. The van der Waals surface area contributed by atoms with Crippen molar-refractivity contribution in [3.63, 3.8) is 0 Å². The highest BCUT2D eigenvalue weighted by Crippen LogP contribution is 2.59. The van der Waals surface area contributed by atoms with Gasteiger partial charge in [-0.15, -0.1) is 0 Å². The predicted molar refractivity (Wildman–Crippen MR) is 63.1 cm³/mol. The van der Waals surface area contributed by atoms with Gasteiger partial charge in [-0.05, 0) is 20.8 Å². The van der Waals surface area contributed by atoms with Gasteiger partial charge in [-0.2, -0.15) is 0 Å². The lowest BCUT2D eigenvalue weighted by molar-refractivity contribution is -0.146. The van der Waals surface area contributed by atoms with E-state index in [-0.39, 0.29) is 12.5 Å². The van der Waals surface area contributed by atoms with E-state index in [2.05, 4.69) is 0 Å². The fraction of sp³-hybridized carbons (Fsp3) is 0.875. The molecular weight excluding hydrogens is 253 g/mol. The van der Waals surface area contributed by atoms with Crippen LogP contribution in [0.5, 0.6) is 0 Å². The second-order valence-electron chi connectivity index (χ2n) is 3.45. The molecule has 0 aliphatic carbocycles. The number of carbonyl (C=O) groups is 1. The highest BCUT2D eigenvalue weighted by molar-refractivity contribution is 8.55. The third kappa shape index (κ3) is 5.86. The Morgan fingerprint density at radius 1 is 1.50 bits per heavy atom. The maximum Gasteiger partial charge on any atom is 0.392 e. The number of nitrogens with two attached hydrogens (primary N) is 1. The van der Waals surface area contributed by atoms with Gasteiger partial charge in [0.2, 0.25) is 0 Å². The molecule has 2 N–H and O–H groups in total. The average molecular weight is 271 g/mol. The summed E-state index contributed by atoms with van der Waals surface area (Å²) in [4.78, 5) is 11.3. The second-order valence-corrected chi connectivity index (χ2v) is 7.58. The highest BCUT2D eigenvalue weighted by atomic mass is 32.7. The molecule has 8 heteroatoms. The van der Waals surface area contributed by atoms with Gasteiger partial charge in [-0.25, -0.2) is 4.57 Å². The van der Waals surface area contributed by atoms with Crippen molar-refractivity contribution in [2.75, 3.05) is 19.7 Å². The summed E-state index contributed by atoms with van der Waals surface area (Å²) in [6, 6.07) is 0. The van der Waals surface area contributed by atoms with Crippen molar-refractivity contribution in [2.24, 2.45) is 5.73 Å². The zero-order chi connectivity index (χ0) is 12.8. The number of ether oxygens (including phenoxy) is 1. The molecule has 0 aromatic carbocycles. The van der Waals surface area contributed by atoms with Crippen LogP contribution in [0.2, 0.25) is 0 Å². The maximum atomic E-state index is 11.7. The molecule has 0 aliphatic rings. The van der Waals surface area contributed by atoms with Crippen LogP contribution in [0.15, 0.2) is 0 Å². The Kier molecular flexibility index (Phi) is 6.58. The van der Waals surface area contributed by atoms with E-state index in [1.54, 1.807) is 6.92 Å². The van der Waals surface area contributed by atoms with E-state index in [1.165, 1.54) is 21.0 Å². The van der Waals surface area contributed by atoms with Gasteiger partial charge in [-0.3, -0.25) is 4.79 Å². The van der Waals surface area contributed by atoms with E-state index in [0.717, 1.165) is 11.4 Å². The van der Waals surface area contributed by atoms with Crippen LogP contribution in [0.1, 0.15) is 20.8 Å². The molecule has 1 unspecified atom stereocenters. The molecule has 16 heavy (non-hydrogen) atoms. The first-order chi connectivity index (χ1) is 7.25. The van der Waals surface area contributed by atoms with Crippen molar-refractivity contribution >= 4 is 24.1 Å². The molecule has 0 saturated heterocycles. The van der Waals surface area contributed by atoms with E-state index in [1.807, 2.05) is 0 Å². The van der Waals surface area contributed by atoms with Crippen molar-refractivity contribution in [3.05, 3.63) is 0 Å². The van der Waals surface area contributed by atoms with Gasteiger partial charge in [-0.1, -0.05) is 0 Å². The predicted octanol–water partition coefficient (Wildman–Crippen LogP) is 1.75. The molecule has 0 bridgehead atoms. The zero-order valence-electron chi connectivity index (χ0n) is 9.89. The van der Waals surface area contributed by atoms with E-state index in [0.29, 0.717) is 0 Å². The van der Waals surface area contributed by atoms with E-state index in [4.69, 9.17) is 19.5 Å². The first kappa shape index (κ1) is 15.9. The molecule has 0 amide bonds. The molecule has 6 nitrogen and oxygen atoms in total. The quantitative estimate of drug-likeness (QED) is 0.428. The summed E-state index contributed by atoms with van der Waals surface area (Å²) >= 11 is 0.805. The molecule has 0 saturated carbocycles. The Bertz CT molecular complexity index is 278. The smallest absolute Gasteiger partial charge is 0.392 e. The standard InChI is InChI=1S/C8H18NO5PS/c1-5-14-15(11,12-4)16-6-13-7(10)8(2,3)9/h5-6,9H2,1-4H3. The minimum Gasteiger partial charge on any atom is -0.453 e. The van der Waals surface area contributed by atoms with Crippen molar-refractivity contribution in [1.29, 1.82) is 0 Å². The van der Waals surface area contributed by atoms with Gasteiger partial charge in [0.15, 0.2) is 0 Å². The number of hydrogen-bond acceptors (Lipinski definition) is 7. The minimum atomic E-state index is -3.21. The fourth-order valence-electron chi connectivity index (χ4n) is 0.631. The SMILES string of the molecule is CCOP(=O)(OC)SCOC(=O)C(C)(C)N. The van der Waals surface area contributed by atoms with Crippen LogP contribution in [0.25, 0.3) is 0 Å². The monoisotopic (exact) mass is 271 g/mol. The molecule has 96 valence electrons. The first-order valence-electron chi connectivity index (χ1n) is 4.66. The molecule has 0 radical (unpaired) electrons. The van der Waals surface area contributed by atoms with Crippen molar-refractivity contribution in [2.45, 2.75) is 26.3 Å². The number of rotatable bonds is 7. The van der Waals surface area contributed by atoms with Gasteiger partial charge in [0, 0.05) is 18.5 Å². The van der Waals surface area contributed by atoms with Crippen molar-refractivity contribution in [1.82, 2.24) is 0 Å². The van der Waals surface area contributed by atoms with Crippen LogP contribution >= 0.6 is 18.2 Å². The topological polar surface area (TPSA) is 87.9 Å². The molecule has 1 atom stereocenters. The zero-order valence-corrected chi connectivity index (χ0v) is 11.6. The van der Waals surface area contributed by atoms with Crippen LogP contribution in [-0.4, -0.2) is 31.2 Å². The van der Waals surface area contributed by atoms with Gasteiger partial charge >= 0.3 is 12.8 Å². The Labute approximate surface area is 99.5 Å². The fourth-order valence-corrected chi connectivity index (χ4v) is 2.92. The Morgan fingerprint density at radius 3 is 2.44 bits per heavy atom. The Morgan fingerprint density at radius 2 is 2.06 bits per heavy atom. The summed E-state index contributed by atoms with van der Waals surface area (Å²) in [6.07, 6.45) is 0. The van der Waals surface area contributed by atoms with Crippen LogP contribution in [0, 0.1) is 0 Å².